The number of carbonyl (C=O) groups excluding carboxylic acids is 1. The van der Waals surface area contributed by atoms with Gasteiger partial charge < -0.3 is 10.4 Å². The van der Waals surface area contributed by atoms with Crippen LogP contribution in [-0.4, -0.2) is 23.7 Å². The third-order valence-electron chi connectivity index (χ3n) is 3.62. The first-order valence-corrected chi connectivity index (χ1v) is 6.93. The van der Waals surface area contributed by atoms with Crippen molar-refractivity contribution in [3.8, 4) is 0 Å². The number of aliphatic hydroxyl groups is 1. The summed E-state index contributed by atoms with van der Waals surface area (Å²) in [5.74, 6) is -1.84. The van der Waals surface area contributed by atoms with E-state index < -0.39 is 17.7 Å². The molecule has 0 heterocycles. The van der Waals surface area contributed by atoms with Crippen molar-refractivity contribution in [3.63, 3.8) is 0 Å². The fourth-order valence-electron chi connectivity index (χ4n) is 2.42. The van der Waals surface area contributed by atoms with Crippen molar-refractivity contribution in [1.82, 2.24) is 5.32 Å². The van der Waals surface area contributed by atoms with Crippen LogP contribution in [0, 0.1) is 17.6 Å². The summed E-state index contributed by atoms with van der Waals surface area (Å²) < 4.78 is 26.4. The minimum atomic E-state index is -0.615. The summed E-state index contributed by atoms with van der Waals surface area (Å²) in [4.78, 5) is 11.9. The van der Waals surface area contributed by atoms with Crippen molar-refractivity contribution in [2.75, 3.05) is 6.54 Å². The van der Waals surface area contributed by atoms with Gasteiger partial charge in [0.15, 0.2) is 0 Å². The van der Waals surface area contributed by atoms with E-state index in [0.717, 1.165) is 12.5 Å². The average Bonchev–Trinajstić information content (AvgIpc) is 3.16. The Morgan fingerprint density at radius 2 is 2.25 bits per heavy atom. The van der Waals surface area contributed by atoms with Crippen molar-refractivity contribution in [1.29, 1.82) is 0 Å². The maximum atomic E-state index is 13.6. The molecule has 20 heavy (non-hydrogen) atoms. The summed E-state index contributed by atoms with van der Waals surface area (Å²) in [5, 5.41) is 12.2. The molecule has 0 spiro atoms. The fourth-order valence-corrected chi connectivity index (χ4v) is 2.42. The summed E-state index contributed by atoms with van der Waals surface area (Å²) in [6.45, 7) is 2.18. The van der Waals surface area contributed by atoms with Gasteiger partial charge in [0.1, 0.15) is 11.6 Å². The molecule has 1 aromatic carbocycles. The van der Waals surface area contributed by atoms with Gasteiger partial charge in [-0.05, 0) is 30.4 Å². The molecule has 1 aliphatic rings. The number of halogens is 2. The van der Waals surface area contributed by atoms with Crippen LogP contribution in [0.2, 0.25) is 0 Å². The lowest BCUT2D eigenvalue weighted by Gasteiger charge is -2.10. The van der Waals surface area contributed by atoms with Crippen molar-refractivity contribution in [3.05, 3.63) is 35.4 Å². The molecule has 1 saturated carbocycles. The molecule has 3 unspecified atom stereocenters. The van der Waals surface area contributed by atoms with Gasteiger partial charge in [0.05, 0.1) is 6.10 Å². The molecule has 1 aliphatic carbocycles. The first-order valence-electron chi connectivity index (χ1n) is 6.93. The Balaban J connectivity index is 1.86. The lowest BCUT2D eigenvalue weighted by Crippen LogP contribution is -2.33. The number of hydrogen-bond donors (Lipinski definition) is 2. The summed E-state index contributed by atoms with van der Waals surface area (Å²) in [7, 11) is 0. The van der Waals surface area contributed by atoms with Gasteiger partial charge in [0.2, 0.25) is 5.91 Å². The molecular weight excluding hydrogens is 264 g/mol. The van der Waals surface area contributed by atoms with E-state index in [1.807, 2.05) is 6.92 Å². The molecule has 2 rings (SSSR count). The lowest BCUT2D eigenvalue weighted by molar-refractivity contribution is -0.122. The van der Waals surface area contributed by atoms with Crippen LogP contribution in [0.25, 0.3) is 0 Å². The maximum Gasteiger partial charge on any atom is 0.223 e. The normalized spacial score (nSPS) is 22.4. The number of amides is 1. The number of benzene rings is 1. The molecule has 110 valence electrons. The second kappa shape index (κ2) is 6.31. The van der Waals surface area contributed by atoms with Crippen molar-refractivity contribution in [2.24, 2.45) is 5.92 Å². The molecule has 2 N–H and O–H groups in total. The van der Waals surface area contributed by atoms with Gasteiger partial charge in [-0.2, -0.15) is 0 Å². The Kier molecular flexibility index (Phi) is 4.70. The molecule has 0 saturated heterocycles. The van der Waals surface area contributed by atoms with Crippen molar-refractivity contribution in [2.45, 2.75) is 38.2 Å². The van der Waals surface area contributed by atoms with Crippen molar-refractivity contribution < 1.29 is 18.7 Å². The van der Waals surface area contributed by atoms with E-state index in [1.165, 1.54) is 12.1 Å². The second-order valence-corrected chi connectivity index (χ2v) is 5.30. The van der Waals surface area contributed by atoms with Gasteiger partial charge in [-0.3, -0.25) is 4.79 Å². The van der Waals surface area contributed by atoms with Crippen molar-refractivity contribution >= 4 is 5.91 Å². The number of carbonyl (C=O) groups is 1. The SMILES string of the molecule is CCCC(O)CNC(=O)C1CC1c1ccc(F)cc1F. The van der Waals surface area contributed by atoms with Crippen LogP contribution >= 0.6 is 0 Å². The van der Waals surface area contributed by atoms with Crippen LogP contribution in [0.5, 0.6) is 0 Å². The number of hydrogen-bond acceptors (Lipinski definition) is 2. The quantitative estimate of drug-likeness (QED) is 0.842. The summed E-state index contributed by atoms with van der Waals surface area (Å²) in [6.07, 6.45) is 1.52. The summed E-state index contributed by atoms with van der Waals surface area (Å²) in [5.41, 5.74) is 0.389. The number of nitrogens with one attached hydrogen (secondary N) is 1. The zero-order chi connectivity index (χ0) is 14.7. The second-order valence-electron chi connectivity index (χ2n) is 5.30. The van der Waals surface area contributed by atoms with E-state index in [1.54, 1.807) is 0 Å². The Bertz CT molecular complexity index is 493. The number of aliphatic hydroxyl groups excluding tert-OH is 1. The van der Waals surface area contributed by atoms with Crippen LogP contribution in [0.1, 0.15) is 37.7 Å². The Morgan fingerprint density at radius 1 is 1.50 bits per heavy atom. The van der Waals surface area contributed by atoms with Gasteiger partial charge >= 0.3 is 0 Å². The smallest absolute Gasteiger partial charge is 0.223 e. The highest BCUT2D eigenvalue weighted by molar-refractivity contribution is 5.82. The monoisotopic (exact) mass is 283 g/mol. The third kappa shape index (κ3) is 3.54. The summed E-state index contributed by atoms with van der Waals surface area (Å²) >= 11 is 0. The van der Waals surface area contributed by atoms with E-state index >= 15 is 0 Å². The third-order valence-corrected chi connectivity index (χ3v) is 3.62. The predicted molar refractivity (Wildman–Crippen MR) is 71.1 cm³/mol. The van der Waals surface area contributed by atoms with Gasteiger partial charge in [0, 0.05) is 18.5 Å². The zero-order valence-electron chi connectivity index (χ0n) is 11.4. The van der Waals surface area contributed by atoms with E-state index in [-0.39, 0.29) is 24.3 Å². The molecular formula is C15H19F2NO2. The van der Waals surface area contributed by atoms with Gasteiger partial charge in [0.25, 0.3) is 0 Å². The highest BCUT2D eigenvalue weighted by atomic mass is 19.1. The van der Waals surface area contributed by atoms with Crippen LogP contribution in [0.15, 0.2) is 18.2 Å². The predicted octanol–water partition coefficient (Wildman–Crippen LogP) is 2.35. The molecule has 1 fully saturated rings. The van der Waals surface area contributed by atoms with Crippen LogP contribution in [-0.2, 0) is 4.79 Å². The minimum Gasteiger partial charge on any atom is -0.391 e. The summed E-state index contributed by atoms with van der Waals surface area (Å²) in [6, 6.07) is 3.44. The Morgan fingerprint density at radius 3 is 2.90 bits per heavy atom. The standard InChI is InChI=1S/C15H19F2NO2/c1-2-3-10(19)8-18-15(20)13-7-12(13)11-5-4-9(16)6-14(11)17/h4-6,10,12-13,19H,2-3,7-8H2,1H3,(H,18,20). The molecule has 3 nitrogen and oxygen atoms in total. The molecule has 0 aromatic heterocycles. The number of rotatable bonds is 6. The first kappa shape index (κ1) is 14.9. The van der Waals surface area contributed by atoms with Gasteiger partial charge in [-0.15, -0.1) is 0 Å². The maximum absolute atomic E-state index is 13.6. The Hall–Kier alpha value is -1.49. The fraction of sp³-hybridized carbons (Fsp3) is 0.533. The van der Waals surface area contributed by atoms with Gasteiger partial charge in [-0.1, -0.05) is 19.4 Å². The van der Waals surface area contributed by atoms with Crippen LogP contribution in [0.4, 0.5) is 8.78 Å². The van der Waals surface area contributed by atoms with E-state index in [0.29, 0.717) is 18.4 Å². The van der Waals surface area contributed by atoms with E-state index in [4.69, 9.17) is 0 Å². The molecule has 1 aromatic rings. The van der Waals surface area contributed by atoms with Crippen LogP contribution in [0.3, 0.4) is 0 Å². The molecule has 0 aliphatic heterocycles. The molecule has 0 bridgehead atoms. The van der Waals surface area contributed by atoms with E-state index in [9.17, 15) is 18.7 Å². The van der Waals surface area contributed by atoms with Gasteiger partial charge in [-0.25, -0.2) is 8.78 Å². The highest BCUT2D eigenvalue weighted by Crippen LogP contribution is 2.48. The zero-order valence-corrected chi connectivity index (χ0v) is 11.4. The lowest BCUT2D eigenvalue weighted by atomic mass is 10.1. The largest absolute Gasteiger partial charge is 0.391 e. The molecule has 5 heteroatoms. The van der Waals surface area contributed by atoms with E-state index in [2.05, 4.69) is 5.32 Å². The topological polar surface area (TPSA) is 49.3 Å². The molecule has 0 radical (unpaired) electrons. The Labute approximate surface area is 117 Å². The first-order chi connectivity index (χ1) is 9.52. The highest BCUT2D eigenvalue weighted by Gasteiger charge is 2.45. The minimum absolute atomic E-state index is 0.172. The van der Waals surface area contributed by atoms with Crippen LogP contribution < -0.4 is 5.32 Å². The average molecular weight is 283 g/mol. The molecule has 1 amide bonds. The molecule has 3 atom stereocenters.